The van der Waals surface area contributed by atoms with Gasteiger partial charge in [-0.05, 0) is 18.6 Å². The lowest BCUT2D eigenvalue weighted by Gasteiger charge is -2.14. The second-order valence-corrected chi connectivity index (χ2v) is 3.92. The fourth-order valence-corrected chi connectivity index (χ4v) is 1.22. The number of nitrogens with zero attached hydrogens (tertiary/aromatic N) is 1. The number of ketones is 1. The molecule has 0 aliphatic rings. The van der Waals surface area contributed by atoms with E-state index in [4.69, 9.17) is 5.73 Å². The van der Waals surface area contributed by atoms with Gasteiger partial charge in [0, 0.05) is 6.20 Å². The van der Waals surface area contributed by atoms with Gasteiger partial charge in [0.1, 0.15) is 19.0 Å². The molecule has 8 heteroatoms. The number of nitrogen functional groups attached to an aromatic ring is 1. The summed E-state index contributed by atoms with van der Waals surface area (Å²) in [5.41, 5.74) is 6.10. The number of nitrogens with two attached hydrogens (primary N) is 1. The maximum atomic E-state index is 12.5. The minimum absolute atomic E-state index is 0.0142. The van der Waals surface area contributed by atoms with E-state index >= 15 is 0 Å². The summed E-state index contributed by atoms with van der Waals surface area (Å²) in [6.07, 6.45) is -2.41. The fourth-order valence-electron chi connectivity index (χ4n) is 1.22. The Balaban J connectivity index is 2.59. The van der Waals surface area contributed by atoms with E-state index in [2.05, 4.69) is 9.72 Å². The second-order valence-electron chi connectivity index (χ2n) is 3.92. The van der Waals surface area contributed by atoms with Crippen molar-refractivity contribution in [3.8, 4) is 0 Å². The summed E-state index contributed by atoms with van der Waals surface area (Å²) in [5, 5.41) is 0. The molecule has 0 radical (unpaired) electrons. The average Bonchev–Trinajstić information content (AvgIpc) is 2.31. The molecular formula is C11H12F4N2O2. The molecule has 0 saturated heterocycles. The third-order valence-corrected chi connectivity index (χ3v) is 2.20. The Kier molecular flexibility index (Phi) is 4.82. The van der Waals surface area contributed by atoms with Crippen molar-refractivity contribution in [2.24, 2.45) is 0 Å². The SMILES string of the molecule is Cc1cnc(N)c(C(=O)COCC(F)(F)C(F)F)c1. The third-order valence-electron chi connectivity index (χ3n) is 2.20. The van der Waals surface area contributed by atoms with Crippen LogP contribution in [-0.4, -0.2) is 36.3 Å². The van der Waals surface area contributed by atoms with Crippen molar-refractivity contribution in [2.45, 2.75) is 19.3 Å². The molecule has 0 aliphatic heterocycles. The van der Waals surface area contributed by atoms with Crippen molar-refractivity contribution >= 4 is 11.6 Å². The van der Waals surface area contributed by atoms with E-state index in [1.54, 1.807) is 6.92 Å². The largest absolute Gasteiger partial charge is 0.383 e. The molecule has 0 aliphatic carbocycles. The molecule has 0 spiro atoms. The van der Waals surface area contributed by atoms with Gasteiger partial charge in [-0.2, -0.15) is 8.78 Å². The molecule has 1 aromatic heterocycles. The monoisotopic (exact) mass is 280 g/mol. The van der Waals surface area contributed by atoms with E-state index in [9.17, 15) is 22.4 Å². The Morgan fingerprint density at radius 3 is 2.74 bits per heavy atom. The number of hydrogen-bond donors (Lipinski definition) is 1. The smallest absolute Gasteiger partial charge is 0.330 e. The van der Waals surface area contributed by atoms with Gasteiger partial charge in [0.2, 0.25) is 0 Å². The number of anilines is 1. The first-order valence-electron chi connectivity index (χ1n) is 5.23. The summed E-state index contributed by atoms with van der Waals surface area (Å²) in [6, 6.07) is 1.42. The highest BCUT2D eigenvalue weighted by Gasteiger charge is 2.41. The minimum Gasteiger partial charge on any atom is -0.383 e. The number of carbonyl (C=O) groups is 1. The lowest BCUT2D eigenvalue weighted by molar-refractivity contribution is -0.163. The Bertz CT molecular complexity index is 466. The van der Waals surface area contributed by atoms with Crippen LogP contribution in [0.5, 0.6) is 0 Å². The van der Waals surface area contributed by atoms with Crippen LogP contribution in [-0.2, 0) is 4.74 Å². The summed E-state index contributed by atoms with van der Waals surface area (Å²) in [5.74, 6) is -5.05. The summed E-state index contributed by atoms with van der Waals surface area (Å²) in [6.45, 7) is -0.637. The standard InChI is InChI=1S/C11H12F4N2O2/c1-6-2-7(9(16)17-3-6)8(18)4-19-5-11(14,15)10(12)13/h2-3,10H,4-5H2,1H3,(H2,16,17). The maximum Gasteiger partial charge on any atom is 0.330 e. The zero-order chi connectivity index (χ0) is 14.6. The molecule has 4 nitrogen and oxygen atoms in total. The summed E-state index contributed by atoms with van der Waals surface area (Å²) in [4.78, 5) is 15.3. The second kappa shape index (κ2) is 5.96. The number of hydrogen-bond acceptors (Lipinski definition) is 4. The van der Waals surface area contributed by atoms with E-state index in [0.29, 0.717) is 5.56 Å². The normalized spacial score (nSPS) is 11.9. The summed E-state index contributed by atoms with van der Waals surface area (Å²) < 4.78 is 53.0. The Labute approximate surface area is 106 Å². The minimum atomic E-state index is -4.28. The number of ether oxygens (including phenoxy) is 1. The molecule has 106 valence electrons. The van der Waals surface area contributed by atoms with E-state index < -0.39 is 31.3 Å². The zero-order valence-electron chi connectivity index (χ0n) is 10.00. The molecular weight excluding hydrogens is 268 g/mol. The molecule has 0 unspecified atom stereocenters. The highest BCUT2D eigenvalue weighted by Crippen LogP contribution is 2.23. The van der Waals surface area contributed by atoms with Crippen LogP contribution >= 0.6 is 0 Å². The number of aryl methyl sites for hydroxylation is 1. The molecule has 0 fully saturated rings. The van der Waals surface area contributed by atoms with E-state index in [0.717, 1.165) is 0 Å². The Hall–Kier alpha value is -1.70. The molecule has 0 atom stereocenters. The number of rotatable bonds is 6. The highest BCUT2D eigenvalue weighted by atomic mass is 19.3. The van der Waals surface area contributed by atoms with Crippen LogP contribution in [0.1, 0.15) is 15.9 Å². The van der Waals surface area contributed by atoms with Gasteiger partial charge in [-0.3, -0.25) is 4.79 Å². The van der Waals surface area contributed by atoms with Crippen LogP contribution < -0.4 is 5.73 Å². The third kappa shape index (κ3) is 4.16. The molecule has 0 bridgehead atoms. The van der Waals surface area contributed by atoms with E-state index in [1.807, 2.05) is 0 Å². The van der Waals surface area contributed by atoms with Crippen LogP contribution in [0.25, 0.3) is 0 Å². The van der Waals surface area contributed by atoms with Crippen LogP contribution in [0.2, 0.25) is 0 Å². The van der Waals surface area contributed by atoms with Gasteiger partial charge in [-0.25, -0.2) is 13.8 Å². The number of halogens is 4. The maximum absolute atomic E-state index is 12.5. The van der Waals surface area contributed by atoms with Crippen LogP contribution in [0.15, 0.2) is 12.3 Å². The van der Waals surface area contributed by atoms with Gasteiger partial charge in [-0.15, -0.1) is 0 Å². The van der Waals surface area contributed by atoms with Gasteiger partial charge < -0.3 is 10.5 Å². The quantitative estimate of drug-likeness (QED) is 0.640. The Morgan fingerprint density at radius 2 is 2.16 bits per heavy atom. The average molecular weight is 280 g/mol. The topological polar surface area (TPSA) is 65.2 Å². The van der Waals surface area contributed by atoms with Crippen molar-refractivity contribution in [2.75, 3.05) is 18.9 Å². The van der Waals surface area contributed by atoms with Gasteiger partial charge in [0.25, 0.3) is 0 Å². The number of alkyl halides is 4. The zero-order valence-corrected chi connectivity index (χ0v) is 10.00. The molecule has 1 heterocycles. The van der Waals surface area contributed by atoms with Crippen molar-refractivity contribution in [3.63, 3.8) is 0 Å². The first-order chi connectivity index (χ1) is 8.74. The first-order valence-corrected chi connectivity index (χ1v) is 5.23. The van der Waals surface area contributed by atoms with Gasteiger partial charge in [0.15, 0.2) is 5.78 Å². The number of Topliss-reactive ketones (excluding diaryl/α,β-unsaturated/α-hetero) is 1. The molecule has 19 heavy (non-hydrogen) atoms. The molecule has 0 saturated carbocycles. The lowest BCUT2D eigenvalue weighted by Crippen LogP contribution is -2.33. The van der Waals surface area contributed by atoms with E-state index in [1.165, 1.54) is 12.3 Å². The van der Waals surface area contributed by atoms with Crippen LogP contribution in [0.3, 0.4) is 0 Å². The van der Waals surface area contributed by atoms with Crippen LogP contribution in [0.4, 0.5) is 23.4 Å². The van der Waals surface area contributed by atoms with Gasteiger partial charge in [0.05, 0.1) is 5.56 Å². The molecule has 1 aromatic rings. The molecule has 0 aromatic carbocycles. The lowest BCUT2D eigenvalue weighted by atomic mass is 10.1. The number of carbonyl (C=O) groups excluding carboxylic acids is 1. The van der Waals surface area contributed by atoms with E-state index in [-0.39, 0.29) is 11.4 Å². The molecule has 1 rings (SSSR count). The first kappa shape index (κ1) is 15.4. The predicted molar refractivity (Wildman–Crippen MR) is 59.5 cm³/mol. The molecule has 0 amide bonds. The van der Waals surface area contributed by atoms with Crippen molar-refractivity contribution in [3.05, 3.63) is 23.4 Å². The highest BCUT2D eigenvalue weighted by molar-refractivity contribution is 6.01. The van der Waals surface area contributed by atoms with Gasteiger partial charge >= 0.3 is 12.3 Å². The molecule has 2 N–H and O–H groups in total. The summed E-state index contributed by atoms with van der Waals surface area (Å²) in [7, 11) is 0. The fraction of sp³-hybridized carbons (Fsp3) is 0.455. The van der Waals surface area contributed by atoms with Crippen molar-refractivity contribution in [1.82, 2.24) is 4.98 Å². The number of pyridine rings is 1. The Morgan fingerprint density at radius 1 is 1.53 bits per heavy atom. The van der Waals surface area contributed by atoms with Crippen molar-refractivity contribution < 1.29 is 27.1 Å². The van der Waals surface area contributed by atoms with Gasteiger partial charge in [-0.1, -0.05) is 0 Å². The summed E-state index contributed by atoms with van der Waals surface area (Å²) >= 11 is 0. The van der Waals surface area contributed by atoms with Crippen molar-refractivity contribution in [1.29, 1.82) is 0 Å². The number of aromatic nitrogens is 1. The van der Waals surface area contributed by atoms with Crippen LogP contribution in [0, 0.1) is 6.92 Å². The predicted octanol–water partition coefficient (Wildman–Crippen LogP) is 2.07.